The van der Waals surface area contributed by atoms with Crippen LogP contribution < -0.4 is 0 Å². The second-order valence-electron chi connectivity index (χ2n) is 4.73. The molecule has 0 saturated heterocycles. The molecule has 0 fully saturated rings. The molecule has 0 spiro atoms. The first-order chi connectivity index (χ1) is 8.25. The van der Waals surface area contributed by atoms with Crippen LogP contribution in [-0.4, -0.2) is 5.78 Å². The van der Waals surface area contributed by atoms with Gasteiger partial charge in [-0.1, -0.05) is 63.3 Å². The van der Waals surface area contributed by atoms with E-state index < -0.39 is 0 Å². The van der Waals surface area contributed by atoms with Gasteiger partial charge in [0.2, 0.25) is 0 Å². The molecule has 0 aliphatic carbocycles. The van der Waals surface area contributed by atoms with Gasteiger partial charge in [-0.15, -0.1) is 0 Å². The minimum absolute atomic E-state index is 0.187. The van der Waals surface area contributed by atoms with Crippen molar-refractivity contribution >= 4 is 5.78 Å². The first-order valence-corrected chi connectivity index (χ1v) is 6.84. The van der Waals surface area contributed by atoms with E-state index in [1.165, 1.54) is 44.1 Å². The van der Waals surface area contributed by atoms with Crippen molar-refractivity contribution in [3.05, 3.63) is 35.4 Å². The zero-order valence-corrected chi connectivity index (χ0v) is 11.2. The molecule has 0 aliphatic heterocycles. The highest BCUT2D eigenvalue weighted by atomic mass is 16.1. The van der Waals surface area contributed by atoms with Crippen molar-refractivity contribution in [1.29, 1.82) is 0 Å². The summed E-state index contributed by atoms with van der Waals surface area (Å²) in [6.07, 6.45) is 8.86. The van der Waals surface area contributed by atoms with Crippen molar-refractivity contribution in [3.63, 3.8) is 0 Å². The summed E-state index contributed by atoms with van der Waals surface area (Å²) in [5.41, 5.74) is 2.12. The number of carbonyl (C=O) groups is 1. The zero-order valence-electron chi connectivity index (χ0n) is 11.2. The number of rotatable bonds is 8. The number of Topliss-reactive ketones (excluding diaryl/α,β-unsaturated/α-hetero) is 1. The molecule has 1 rings (SSSR count). The van der Waals surface area contributed by atoms with Crippen LogP contribution in [0.5, 0.6) is 0 Å². The Hall–Kier alpha value is -1.11. The second kappa shape index (κ2) is 8.05. The van der Waals surface area contributed by atoms with Crippen molar-refractivity contribution in [3.8, 4) is 0 Å². The van der Waals surface area contributed by atoms with Crippen molar-refractivity contribution in [2.75, 3.05) is 0 Å². The van der Waals surface area contributed by atoms with Gasteiger partial charge >= 0.3 is 0 Å². The van der Waals surface area contributed by atoms with Crippen LogP contribution in [0, 0.1) is 0 Å². The molecule has 1 aromatic rings. The summed E-state index contributed by atoms with van der Waals surface area (Å²) >= 11 is 0. The minimum atomic E-state index is 0.187. The van der Waals surface area contributed by atoms with E-state index in [1.807, 2.05) is 18.2 Å². The van der Waals surface area contributed by atoms with E-state index in [4.69, 9.17) is 0 Å². The second-order valence-corrected chi connectivity index (χ2v) is 4.73. The van der Waals surface area contributed by atoms with Gasteiger partial charge in [-0.25, -0.2) is 0 Å². The lowest BCUT2D eigenvalue weighted by molar-refractivity contribution is 0.101. The van der Waals surface area contributed by atoms with Crippen molar-refractivity contribution < 1.29 is 4.79 Å². The maximum atomic E-state index is 11.4. The van der Waals surface area contributed by atoms with Crippen LogP contribution in [0.25, 0.3) is 0 Å². The predicted molar refractivity (Wildman–Crippen MR) is 73.5 cm³/mol. The molecule has 0 N–H and O–H groups in total. The number of unbranched alkanes of at least 4 members (excludes halogenated alkanes) is 5. The van der Waals surface area contributed by atoms with Gasteiger partial charge in [0, 0.05) is 5.56 Å². The molecule has 94 valence electrons. The van der Waals surface area contributed by atoms with E-state index >= 15 is 0 Å². The first-order valence-electron chi connectivity index (χ1n) is 6.84. The van der Waals surface area contributed by atoms with E-state index in [0.717, 1.165) is 12.0 Å². The quantitative estimate of drug-likeness (QED) is 0.465. The number of ketones is 1. The Morgan fingerprint density at radius 1 is 1.00 bits per heavy atom. The molecule has 0 aliphatic rings. The Kier molecular flexibility index (Phi) is 6.61. The van der Waals surface area contributed by atoms with Gasteiger partial charge in [-0.3, -0.25) is 4.79 Å². The third-order valence-electron chi connectivity index (χ3n) is 3.20. The Bertz CT molecular complexity index is 341. The SMILES string of the molecule is CCCCCCCCc1ccccc1C(C)=O. The van der Waals surface area contributed by atoms with E-state index in [1.54, 1.807) is 6.92 Å². The van der Waals surface area contributed by atoms with Gasteiger partial charge in [-0.2, -0.15) is 0 Å². The summed E-state index contributed by atoms with van der Waals surface area (Å²) in [4.78, 5) is 11.4. The molecule has 0 amide bonds. The van der Waals surface area contributed by atoms with Crippen LogP contribution >= 0.6 is 0 Å². The molecule has 17 heavy (non-hydrogen) atoms. The lowest BCUT2D eigenvalue weighted by atomic mass is 9.98. The summed E-state index contributed by atoms with van der Waals surface area (Å²) in [5.74, 6) is 0.187. The van der Waals surface area contributed by atoms with Gasteiger partial charge in [0.1, 0.15) is 0 Å². The zero-order chi connectivity index (χ0) is 12.5. The van der Waals surface area contributed by atoms with Gasteiger partial charge in [0.05, 0.1) is 0 Å². The number of aryl methyl sites for hydroxylation is 1. The monoisotopic (exact) mass is 232 g/mol. The van der Waals surface area contributed by atoms with Crippen LogP contribution in [0.15, 0.2) is 24.3 Å². The summed E-state index contributed by atoms with van der Waals surface area (Å²) in [6.45, 7) is 3.89. The van der Waals surface area contributed by atoms with Gasteiger partial charge in [0.25, 0.3) is 0 Å². The highest BCUT2D eigenvalue weighted by Crippen LogP contribution is 2.14. The highest BCUT2D eigenvalue weighted by molar-refractivity contribution is 5.95. The summed E-state index contributed by atoms with van der Waals surface area (Å²) in [7, 11) is 0. The average Bonchev–Trinajstić information content (AvgIpc) is 2.34. The molecule has 0 aromatic heterocycles. The average molecular weight is 232 g/mol. The molecule has 1 heteroatoms. The van der Waals surface area contributed by atoms with Crippen LogP contribution in [0.3, 0.4) is 0 Å². The molecule has 0 radical (unpaired) electrons. The lowest BCUT2D eigenvalue weighted by Crippen LogP contribution is -1.99. The molecule has 0 heterocycles. The topological polar surface area (TPSA) is 17.1 Å². The van der Waals surface area contributed by atoms with Crippen LogP contribution in [0.1, 0.15) is 68.3 Å². The largest absolute Gasteiger partial charge is 0.295 e. The van der Waals surface area contributed by atoms with Crippen molar-refractivity contribution in [2.24, 2.45) is 0 Å². The Labute approximate surface area is 105 Å². The van der Waals surface area contributed by atoms with Gasteiger partial charge in [-0.05, 0) is 25.3 Å². The van der Waals surface area contributed by atoms with E-state index in [2.05, 4.69) is 13.0 Å². The molecule has 1 aromatic carbocycles. The fourth-order valence-electron chi connectivity index (χ4n) is 2.18. The molecule has 0 bridgehead atoms. The van der Waals surface area contributed by atoms with Crippen LogP contribution in [0.4, 0.5) is 0 Å². The van der Waals surface area contributed by atoms with E-state index in [9.17, 15) is 4.79 Å². The molecule has 0 atom stereocenters. The molecular weight excluding hydrogens is 208 g/mol. The summed E-state index contributed by atoms with van der Waals surface area (Å²) in [6, 6.07) is 8.00. The number of hydrogen-bond donors (Lipinski definition) is 0. The van der Waals surface area contributed by atoms with Gasteiger partial charge in [0.15, 0.2) is 5.78 Å². The molecule has 1 nitrogen and oxygen atoms in total. The smallest absolute Gasteiger partial charge is 0.160 e. The standard InChI is InChI=1S/C16H24O/c1-3-4-5-6-7-8-11-15-12-9-10-13-16(15)14(2)17/h9-10,12-13H,3-8,11H2,1-2H3. The number of benzene rings is 1. The fourth-order valence-corrected chi connectivity index (χ4v) is 2.18. The Balaban J connectivity index is 2.34. The predicted octanol–water partition coefficient (Wildman–Crippen LogP) is 4.79. The third kappa shape index (κ3) is 5.16. The van der Waals surface area contributed by atoms with Crippen molar-refractivity contribution in [1.82, 2.24) is 0 Å². The van der Waals surface area contributed by atoms with Gasteiger partial charge < -0.3 is 0 Å². The van der Waals surface area contributed by atoms with Crippen LogP contribution in [0.2, 0.25) is 0 Å². The van der Waals surface area contributed by atoms with Crippen molar-refractivity contribution in [2.45, 2.75) is 58.8 Å². The normalized spacial score (nSPS) is 10.5. The highest BCUT2D eigenvalue weighted by Gasteiger charge is 2.05. The number of hydrogen-bond acceptors (Lipinski definition) is 1. The number of carbonyl (C=O) groups excluding carboxylic acids is 1. The fraction of sp³-hybridized carbons (Fsp3) is 0.562. The Morgan fingerprint density at radius 2 is 1.65 bits per heavy atom. The third-order valence-corrected chi connectivity index (χ3v) is 3.20. The van der Waals surface area contributed by atoms with E-state index in [-0.39, 0.29) is 5.78 Å². The lowest BCUT2D eigenvalue weighted by Gasteiger charge is -2.06. The molecule has 0 unspecified atom stereocenters. The maximum Gasteiger partial charge on any atom is 0.160 e. The van der Waals surface area contributed by atoms with Crippen LogP contribution in [-0.2, 0) is 6.42 Å². The maximum absolute atomic E-state index is 11.4. The first kappa shape index (κ1) is 14.0. The molecular formula is C16H24O. The summed E-state index contributed by atoms with van der Waals surface area (Å²) in [5, 5.41) is 0. The summed E-state index contributed by atoms with van der Waals surface area (Å²) < 4.78 is 0. The Morgan fingerprint density at radius 3 is 2.35 bits per heavy atom. The molecule has 0 saturated carbocycles. The van der Waals surface area contributed by atoms with E-state index in [0.29, 0.717) is 0 Å². The minimum Gasteiger partial charge on any atom is -0.295 e.